The van der Waals surface area contributed by atoms with Crippen LogP contribution in [0.5, 0.6) is 0 Å². The summed E-state index contributed by atoms with van der Waals surface area (Å²) in [6.45, 7) is -0.0688. The van der Waals surface area contributed by atoms with E-state index in [-0.39, 0.29) is 24.4 Å². The number of fused-ring (bicyclic) bond motifs is 1. The molecule has 3 rings (SSSR count). The molecule has 0 aliphatic carbocycles. The van der Waals surface area contributed by atoms with Crippen molar-refractivity contribution >= 4 is 11.2 Å². The molecule has 2 atom stereocenters. The molecule has 0 spiro atoms. The third kappa shape index (κ3) is 1.73. The zero-order chi connectivity index (χ0) is 12.5. The van der Waals surface area contributed by atoms with Gasteiger partial charge in [0.25, 0.3) is 0 Å². The lowest BCUT2D eigenvalue weighted by Crippen LogP contribution is -2.32. The predicted molar refractivity (Wildman–Crippen MR) is 62.5 cm³/mol. The number of aliphatic hydroxyl groups is 1. The van der Waals surface area contributed by atoms with Crippen LogP contribution in [0.1, 0.15) is 12.6 Å². The molecular weight excluding hydrogens is 234 g/mol. The first-order valence-corrected chi connectivity index (χ1v) is 5.67. The number of aliphatic hydroxyl groups excluding tert-OH is 1. The Bertz CT molecular complexity index is 644. The van der Waals surface area contributed by atoms with Gasteiger partial charge >= 0.3 is 0 Å². The molecule has 0 aromatic carbocycles. The smallest absolute Gasteiger partial charge is 0.182 e. The Morgan fingerprint density at radius 3 is 3.28 bits per heavy atom. The second kappa shape index (κ2) is 4.35. The summed E-state index contributed by atoms with van der Waals surface area (Å²) in [7, 11) is 0. The van der Waals surface area contributed by atoms with Gasteiger partial charge in [-0.3, -0.25) is 9.98 Å². The monoisotopic (exact) mass is 247 g/mol. The molecule has 94 valence electrons. The van der Waals surface area contributed by atoms with Crippen molar-refractivity contribution in [1.82, 2.24) is 19.5 Å². The average molecular weight is 247 g/mol. The van der Waals surface area contributed by atoms with Crippen molar-refractivity contribution in [3.8, 4) is 0 Å². The first kappa shape index (κ1) is 11.1. The van der Waals surface area contributed by atoms with Crippen molar-refractivity contribution in [2.45, 2.75) is 18.8 Å². The molecule has 3 N–H and O–H groups in total. The van der Waals surface area contributed by atoms with Crippen LogP contribution in [-0.4, -0.2) is 37.3 Å². The summed E-state index contributed by atoms with van der Waals surface area (Å²) in [5.74, 6) is 0. The number of H-pyrrole nitrogens is 1. The highest BCUT2D eigenvalue weighted by Crippen LogP contribution is 2.20. The molecule has 0 radical (unpaired) electrons. The maximum atomic E-state index is 9.10. The van der Waals surface area contributed by atoms with E-state index in [1.54, 1.807) is 10.9 Å². The number of imidazole rings is 1. The molecule has 3 heterocycles. The van der Waals surface area contributed by atoms with E-state index in [0.717, 1.165) is 0 Å². The van der Waals surface area contributed by atoms with Gasteiger partial charge in [0.15, 0.2) is 11.1 Å². The molecule has 7 heteroatoms. The Balaban J connectivity index is 2.02. The molecule has 1 aliphatic rings. The van der Waals surface area contributed by atoms with Gasteiger partial charge in [0.05, 0.1) is 12.9 Å². The van der Waals surface area contributed by atoms with E-state index >= 15 is 0 Å². The van der Waals surface area contributed by atoms with E-state index in [1.807, 2.05) is 12.2 Å². The summed E-state index contributed by atoms with van der Waals surface area (Å²) in [5.41, 5.74) is 1.37. The van der Waals surface area contributed by atoms with Gasteiger partial charge in [-0.1, -0.05) is 12.2 Å². The fourth-order valence-corrected chi connectivity index (χ4v) is 2.01. The lowest BCUT2D eigenvalue weighted by atomic mass is 10.2. The summed E-state index contributed by atoms with van der Waals surface area (Å²) in [5, 5.41) is 17.2. The van der Waals surface area contributed by atoms with Crippen LogP contribution in [0, 0.1) is 5.41 Å². The highest BCUT2D eigenvalue weighted by Gasteiger charge is 2.20. The minimum atomic E-state index is -0.326. The van der Waals surface area contributed by atoms with E-state index in [1.165, 1.54) is 6.33 Å². The minimum Gasteiger partial charge on any atom is -0.393 e. The van der Waals surface area contributed by atoms with Crippen LogP contribution in [0.15, 0.2) is 24.8 Å². The van der Waals surface area contributed by atoms with E-state index in [0.29, 0.717) is 17.6 Å². The zero-order valence-electron chi connectivity index (χ0n) is 9.58. The Kier molecular flexibility index (Phi) is 2.69. The topological polar surface area (TPSA) is 99.8 Å². The molecule has 0 fully saturated rings. The van der Waals surface area contributed by atoms with Crippen LogP contribution >= 0.6 is 0 Å². The second-order valence-electron chi connectivity index (χ2n) is 4.08. The van der Waals surface area contributed by atoms with Crippen LogP contribution in [0.3, 0.4) is 0 Å². The quantitative estimate of drug-likeness (QED) is 0.654. The number of aromatic amines is 1. The number of rotatable bonds is 2. The van der Waals surface area contributed by atoms with Crippen LogP contribution in [0.25, 0.3) is 11.2 Å². The third-order valence-electron chi connectivity index (χ3n) is 2.93. The van der Waals surface area contributed by atoms with E-state index < -0.39 is 0 Å². The number of ether oxygens (including phenoxy) is 1. The van der Waals surface area contributed by atoms with Crippen LogP contribution < -0.4 is 5.49 Å². The van der Waals surface area contributed by atoms with E-state index in [2.05, 4.69) is 15.0 Å². The molecule has 2 aromatic heterocycles. The molecular formula is C11H13N5O2. The van der Waals surface area contributed by atoms with Gasteiger partial charge in [0.1, 0.15) is 24.2 Å². The van der Waals surface area contributed by atoms with Crippen molar-refractivity contribution < 1.29 is 9.84 Å². The molecule has 1 aliphatic heterocycles. The number of nitrogens with zero attached hydrogens (tertiary/aromatic N) is 3. The SMILES string of the molecule is N=c1c2[nH]cnc2ncn1[C@H]1CC=C[C@@H](CO)O1. The van der Waals surface area contributed by atoms with Crippen LogP contribution in [-0.2, 0) is 4.74 Å². The number of aromatic nitrogens is 4. The third-order valence-corrected chi connectivity index (χ3v) is 2.93. The van der Waals surface area contributed by atoms with Gasteiger partial charge in [-0.25, -0.2) is 9.97 Å². The summed E-state index contributed by atoms with van der Waals surface area (Å²) in [6, 6.07) is 0. The fraction of sp³-hybridized carbons (Fsp3) is 0.364. The van der Waals surface area contributed by atoms with Crippen LogP contribution in [0.2, 0.25) is 0 Å². The Hall–Kier alpha value is -1.99. The van der Waals surface area contributed by atoms with Crippen molar-refractivity contribution in [2.75, 3.05) is 6.61 Å². The lowest BCUT2D eigenvalue weighted by molar-refractivity contribution is -0.0609. The van der Waals surface area contributed by atoms with Crippen molar-refractivity contribution in [3.05, 3.63) is 30.3 Å². The molecule has 0 amide bonds. The summed E-state index contributed by atoms with van der Waals surface area (Å²) >= 11 is 0. The van der Waals surface area contributed by atoms with Crippen molar-refractivity contribution in [3.63, 3.8) is 0 Å². The van der Waals surface area contributed by atoms with Gasteiger partial charge < -0.3 is 14.8 Å². The molecule has 2 aromatic rings. The second-order valence-corrected chi connectivity index (χ2v) is 4.08. The zero-order valence-corrected chi connectivity index (χ0v) is 9.58. The summed E-state index contributed by atoms with van der Waals surface area (Å²) in [6.07, 6.45) is 6.82. The first-order valence-electron chi connectivity index (χ1n) is 5.67. The van der Waals surface area contributed by atoms with Crippen molar-refractivity contribution in [1.29, 1.82) is 5.41 Å². The normalized spacial score (nSPS) is 23.6. The number of nitrogens with one attached hydrogen (secondary N) is 2. The Morgan fingerprint density at radius 2 is 2.44 bits per heavy atom. The standard InChI is InChI=1S/C11H13N5O2/c12-10-9-11(14-5-13-9)15-6-16(10)8-3-1-2-7(4-17)18-8/h1-2,5-8,12,17H,3-4H2,(H,13,14)/t7-,8+/m0/s1. The number of hydrogen-bond donors (Lipinski definition) is 3. The number of hydrogen-bond acceptors (Lipinski definition) is 5. The summed E-state index contributed by atoms with van der Waals surface area (Å²) < 4.78 is 7.29. The van der Waals surface area contributed by atoms with Gasteiger partial charge in [0.2, 0.25) is 0 Å². The Labute approximate surface area is 102 Å². The highest BCUT2D eigenvalue weighted by molar-refractivity contribution is 5.67. The molecule has 7 nitrogen and oxygen atoms in total. The molecule has 0 saturated carbocycles. The van der Waals surface area contributed by atoms with Crippen LogP contribution in [0.4, 0.5) is 0 Å². The predicted octanol–water partition coefficient (Wildman–Crippen LogP) is 0.0749. The molecule has 18 heavy (non-hydrogen) atoms. The van der Waals surface area contributed by atoms with Gasteiger partial charge in [-0.15, -0.1) is 0 Å². The molecule has 0 bridgehead atoms. The average Bonchev–Trinajstić information content (AvgIpc) is 2.88. The largest absolute Gasteiger partial charge is 0.393 e. The maximum Gasteiger partial charge on any atom is 0.182 e. The van der Waals surface area contributed by atoms with Crippen molar-refractivity contribution in [2.24, 2.45) is 0 Å². The van der Waals surface area contributed by atoms with E-state index in [9.17, 15) is 0 Å². The summed E-state index contributed by atoms with van der Waals surface area (Å²) in [4.78, 5) is 11.1. The fourth-order valence-electron chi connectivity index (χ4n) is 2.01. The lowest BCUT2D eigenvalue weighted by Gasteiger charge is -2.26. The highest BCUT2D eigenvalue weighted by atomic mass is 16.5. The first-order chi connectivity index (χ1) is 8.79. The van der Waals surface area contributed by atoms with Gasteiger partial charge in [-0.05, 0) is 0 Å². The van der Waals surface area contributed by atoms with E-state index in [4.69, 9.17) is 15.3 Å². The molecule has 0 saturated heterocycles. The maximum absolute atomic E-state index is 9.10. The minimum absolute atomic E-state index is 0.0688. The Morgan fingerprint density at radius 1 is 1.56 bits per heavy atom. The molecule has 0 unspecified atom stereocenters. The van der Waals surface area contributed by atoms with Gasteiger partial charge in [-0.2, -0.15) is 0 Å². The van der Waals surface area contributed by atoms with Gasteiger partial charge in [0, 0.05) is 6.42 Å².